The molecule has 0 saturated carbocycles. The van der Waals surface area contributed by atoms with Gasteiger partial charge in [0.25, 0.3) is 0 Å². The third-order valence-corrected chi connectivity index (χ3v) is 6.10. The second-order valence-corrected chi connectivity index (χ2v) is 8.13. The van der Waals surface area contributed by atoms with Crippen LogP contribution in [0.3, 0.4) is 0 Å². The van der Waals surface area contributed by atoms with E-state index in [1.165, 1.54) is 29.2 Å². The molecule has 0 unspecified atom stereocenters. The Kier molecular flexibility index (Phi) is 7.18. The van der Waals surface area contributed by atoms with E-state index in [0.29, 0.717) is 18.8 Å². The molecule has 168 valence electrons. The van der Waals surface area contributed by atoms with Crippen LogP contribution in [0.25, 0.3) is 11.3 Å². The summed E-state index contributed by atoms with van der Waals surface area (Å²) in [5.74, 6) is -0.293. The topological polar surface area (TPSA) is 70.9 Å². The van der Waals surface area contributed by atoms with Crippen molar-refractivity contribution < 1.29 is 13.9 Å². The minimum atomic E-state index is -0.293. The number of morpholine rings is 1. The maximum atomic E-state index is 13.3. The Hall–Kier alpha value is -3.17. The number of amides is 2. The van der Waals surface area contributed by atoms with E-state index >= 15 is 0 Å². The van der Waals surface area contributed by atoms with E-state index in [4.69, 9.17) is 9.73 Å². The summed E-state index contributed by atoms with van der Waals surface area (Å²) in [4.78, 5) is 19.4. The summed E-state index contributed by atoms with van der Waals surface area (Å²) in [5.41, 5.74) is 3.94. The van der Waals surface area contributed by atoms with Gasteiger partial charge in [0.15, 0.2) is 4.80 Å². The van der Waals surface area contributed by atoms with Crippen molar-refractivity contribution in [3.63, 3.8) is 0 Å². The monoisotopic (exact) mass is 455 g/mol. The SMILES string of the molecule is CNC(=O)NCCn1c(-c2ccc(N3CCOCC3)cc2)cs/c1=N\c1ccc(F)cc1. The van der Waals surface area contributed by atoms with E-state index in [9.17, 15) is 9.18 Å². The number of thiazole rings is 1. The van der Waals surface area contributed by atoms with Gasteiger partial charge in [-0.1, -0.05) is 12.1 Å². The Labute approximate surface area is 190 Å². The second kappa shape index (κ2) is 10.4. The highest BCUT2D eigenvalue weighted by atomic mass is 32.1. The van der Waals surface area contributed by atoms with E-state index in [-0.39, 0.29) is 11.8 Å². The molecule has 0 radical (unpaired) electrons. The van der Waals surface area contributed by atoms with E-state index in [1.807, 2.05) is 0 Å². The average Bonchev–Trinajstić information content (AvgIpc) is 3.23. The number of benzene rings is 2. The van der Waals surface area contributed by atoms with Crippen LogP contribution < -0.4 is 20.3 Å². The molecule has 0 spiro atoms. The zero-order valence-corrected chi connectivity index (χ0v) is 18.7. The van der Waals surface area contributed by atoms with Gasteiger partial charge in [-0.2, -0.15) is 0 Å². The van der Waals surface area contributed by atoms with Gasteiger partial charge in [-0.05, 0) is 42.0 Å². The van der Waals surface area contributed by atoms with Gasteiger partial charge in [0.2, 0.25) is 0 Å². The van der Waals surface area contributed by atoms with Crippen molar-refractivity contribution in [3.05, 3.63) is 64.5 Å². The van der Waals surface area contributed by atoms with Crippen LogP contribution >= 0.6 is 11.3 Å². The van der Waals surface area contributed by atoms with Crippen LogP contribution in [0.4, 0.5) is 20.6 Å². The molecule has 1 aliphatic heterocycles. The van der Waals surface area contributed by atoms with Crippen LogP contribution in [0.2, 0.25) is 0 Å². The van der Waals surface area contributed by atoms with E-state index in [2.05, 4.69) is 49.7 Å². The molecule has 7 nitrogen and oxygen atoms in total. The second-order valence-electron chi connectivity index (χ2n) is 7.30. The molecule has 2 N–H and O–H groups in total. The molecule has 32 heavy (non-hydrogen) atoms. The predicted octanol–water partition coefficient (Wildman–Crippen LogP) is 3.35. The van der Waals surface area contributed by atoms with Crippen molar-refractivity contribution in [1.82, 2.24) is 15.2 Å². The Bertz CT molecular complexity index is 1100. The van der Waals surface area contributed by atoms with Crippen LogP contribution in [0, 0.1) is 5.82 Å². The summed E-state index contributed by atoms with van der Waals surface area (Å²) in [6.07, 6.45) is 0. The third-order valence-electron chi connectivity index (χ3n) is 5.24. The first kappa shape index (κ1) is 22.0. The molecule has 9 heteroatoms. The lowest BCUT2D eigenvalue weighted by Crippen LogP contribution is -2.36. The largest absolute Gasteiger partial charge is 0.378 e. The number of carbonyl (C=O) groups excluding carboxylic acids is 1. The molecular formula is C23H26FN5O2S. The number of ether oxygens (including phenoxy) is 1. The lowest BCUT2D eigenvalue weighted by molar-refractivity contribution is 0.122. The van der Waals surface area contributed by atoms with E-state index < -0.39 is 0 Å². The Morgan fingerprint density at radius 2 is 1.84 bits per heavy atom. The summed E-state index contributed by atoms with van der Waals surface area (Å²) in [7, 11) is 1.59. The molecule has 1 fully saturated rings. The number of nitrogens with zero attached hydrogens (tertiary/aromatic N) is 3. The Morgan fingerprint density at radius 3 is 2.53 bits per heavy atom. The van der Waals surface area contributed by atoms with Gasteiger partial charge in [0.05, 0.1) is 24.6 Å². The molecular weight excluding hydrogens is 429 g/mol. The highest BCUT2D eigenvalue weighted by Crippen LogP contribution is 2.25. The number of anilines is 1. The predicted molar refractivity (Wildman–Crippen MR) is 125 cm³/mol. The number of rotatable bonds is 6. The quantitative estimate of drug-likeness (QED) is 0.599. The van der Waals surface area contributed by atoms with Gasteiger partial charge >= 0.3 is 6.03 Å². The van der Waals surface area contributed by atoms with Crippen LogP contribution in [0.1, 0.15) is 0 Å². The third kappa shape index (κ3) is 5.35. The first-order chi connectivity index (χ1) is 15.6. The van der Waals surface area contributed by atoms with Gasteiger partial charge in [-0.25, -0.2) is 14.2 Å². The maximum Gasteiger partial charge on any atom is 0.314 e. The molecule has 0 bridgehead atoms. The van der Waals surface area contributed by atoms with Gasteiger partial charge in [-0.3, -0.25) is 0 Å². The van der Waals surface area contributed by atoms with Crippen LogP contribution in [0.15, 0.2) is 58.9 Å². The van der Waals surface area contributed by atoms with Gasteiger partial charge < -0.3 is 24.8 Å². The van der Waals surface area contributed by atoms with Crippen LogP contribution in [-0.2, 0) is 11.3 Å². The van der Waals surface area contributed by atoms with Gasteiger partial charge in [0, 0.05) is 44.3 Å². The standard InChI is InChI=1S/C23H26FN5O2S/c1-25-22(30)26-10-11-29-21(16-32-23(29)27-19-6-4-18(24)5-7-19)17-2-8-20(9-3-17)28-12-14-31-15-13-28/h2-9,16H,10-15H2,1H3,(H2,25,26,30)/b27-23-. The number of carbonyl (C=O) groups is 1. The number of hydrogen-bond donors (Lipinski definition) is 2. The zero-order valence-electron chi connectivity index (χ0n) is 17.9. The van der Waals surface area contributed by atoms with Gasteiger partial charge in [-0.15, -0.1) is 11.3 Å². The van der Waals surface area contributed by atoms with E-state index in [0.717, 1.165) is 42.4 Å². The van der Waals surface area contributed by atoms with Crippen molar-refractivity contribution >= 4 is 28.7 Å². The Balaban J connectivity index is 1.63. The number of nitrogens with one attached hydrogen (secondary N) is 2. The summed E-state index contributed by atoms with van der Waals surface area (Å²) in [6.45, 7) is 4.29. The van der Waals surface area contributed by atoms with Crippen molar-refractivity contribution in [2.24, 2.45) is 4.99 Å². The normalized spacial score (nSPS) is 14.4. The number of aromatic nitrogens is 1. The first-order valence-corrected chi connectivity index (χ1v) is 11.4. The molecule has 1 aliphatic rings. The summed E-state index contributed by atoms with van der Waals surface area (Å²) in [5, 5.41) is 7.44. The van der Waals surface area contributed by atoms with Crippen molar-refractivity contribution in [1.29, 1.82) is 0 Å². The number of halogens is 1. The van der Waals surface area contributed by atoms with Gasteiger partial charge in [0.1, 0.15) is 5.82 Å². The first-order valence-electron chi connectivity index (χ1n) is 10.5. The zero-order chi connectivity index (χ0) is 22.3. The molecule has 1 saturated heterocycles. The molecule has 2 amide bonds. The van der Waals surface area contributed by atoms with Crippen molar-refractivity contribution in [3.8, 4) is 11.3 Å². The summed E-state index contributed by atoms with van der Waals surface area (Å²) < 4.78 is 20.8. The minimum Gasteiger partial charge on any atom is -0.378 e. The fraction of sp³-hybridized carbons (Fsp3) is 0.304. The molecule has 0 atom stereocenters. The smallest absolute Gasteiger partial charge is 0.314 e. The lowest BCUT2D eigenvalue weighted by Gasteiger charge is -2.28. The highest BCUT2D eigenvalue weighted by molar-refractivity contribution is 7.07. The molecule has 2 heterocycles. The average molecular weight is 456 g/mol. The van der Waals surface area contributed by atoms with E-state index in [1.54, 1.807) is 19.2 Å². The summed E-state index contributed by atoms with van der Waals surface area (Å²) >= 11 is 1.51. The fourth-order valence-electron chi connectivity index (χ4n) is 3.53. The molecule has 3 aromatic rings. The molecule has 4 rings (SSSR count). The Morgan fingerprint density at radius 1 is 1.12 bits per heavy atom. The molecule has 2 aromatic carbocycles. The minimum absolute atomic E-state index is 0.228. The number of hydrogen-bond acceptors (Lipinski definition) is 5. The molecule has 0 aliphatic carbocycles. The maximum absolute atomic E-state index is 13.3. The molecule has 1 aromatic heterocycles. The fourth-order valence-corrected chi connectivity index (χ4v) is 4.48. The van der Waals surface area contributed by atoms with Crippen LogP contribution in [-0.4, -0.2) is 50.5 Å². The van der Waals surface area contributed by atoms with Crippen molar-refractivity contribution in [2.75, 3.05) is 44.8 Å². The summed E-state index contributed by atoms with van der Waals surface area (Å²) in [6, 6.07) is 14.3. The highest BCUT2D eigenvalue weighted by Gasteiger charge is 2.13. The van der Waals surface area contributed by atoms with Crippen LogP contribution in [0.5, 0.6) is 0 Å². The number of urea groups is 1. The lowest BCUT2D eigenvalue weighted by atomic mass is 10.1. The van der Waals surface area contributed by atoms with Crippen molar-refractivity contribution in [2.45, 2.75) is 6.54 Å².